The van der Waals surface area contributed by atoms with Gasteiger partial charge in [0.05, 0.1) is 36.4 Å². The summed E-state index contributed by atoms with van der Waals surface area (Å²) in [7, 11) is 4.46. The molecule has 1 saturated heterocycles. The van der Waals surface area contributed by atoms with Gasteiger partial charge in [0.1, 0.15) is 17.3 Å². The molecule has 0 spiro atoms. The number of carbonyl (C=O) groups excluding carboxylic acids is 2. The Hall–Kier alpha value is -3.49. The van der Waals surface area contributed by atoms with Crippen LogP contribution in [0.1, 0.15) is 29.3 Å². The van der Waals surface area contributed by atoms with Crippen molar-refractivity contribution >= 4 is 40.0 Å². The molecule has 1 amide bonds. The molecule has 2 N–H and O–H groups in total. The Morgan fingerprint density at radius 3 is 2.51 bits per heavy atom. The molecular weight excluding hydrogens is 472 g/mol. The Balaban J connectivity index is 1.99. The number of ether oxygens (including phenoxy) is 3. The third-order valence-electron chi connectivity index (χ3n) is 6.23. The number of fused-ring (bicyclic) bond motifs is 1. The molecule has 0 aliphatic carbocycles. The smallest absolute Gasteiger partial charge is 0.295 e. The number of rotatable bonds is 8. The third kappa shape index (κ3) is 4.24. The van der Waals surface area contributed by atoms with Gasteiger partial charge in [-0.25, -0.2) is 0 Å². The predicted octanol–water partition coefficient (Wildman–Crippen LogP) is 4.61. The highest BCUT2D eigenvalue weighted by atomic mass is 35.5. The minimum absolute atomic E-state index is 0.0251. The highest BCUT2D eigenvalue weighted by molar-refractivity contribution is 6.46. The van der Waals surface area contributed by atoms with Crippen molar-refractivity contribution in [3.8, 4) is 11.5 Å². The second kappa shape index (κ2) is 10.0. The third-order valence-corrected chi connectivity index (χ3v) is 6.53. The van der Waals surface area contributed by atoms with Gasteiger partial charge in [-0.2, -0.15) is 0 Å². The van der Waals surface area contributed by atoms with Gasteiger partial charge < -0.3 is 29.2 Å². The average Bonchev–Trinajstić information content (AvgIpc) is 3.31. The molecule has 1 atom stereocenters. The number of aromatic amines is 1. The largest absolute Gasteiger partial charge is 0.507 e. The summed E-state index contributed by atoms with van der Waals surface area (Å²) < 4.78 is 15.9. The normalized spacial score (nSPS) is 17.4. The van der Waals surface area contributed by atoms with E-state index >= 15 is 0 Å². The van der Waals surface area contributed by atoms with Crippen LogP contribution in [0.15, 0.2) is 42.0 Å². The standard InChI is InChI=1S/C26H27ClN2O6/c1-14-21(15-8-5-6-9-18(15)28-14)23-22(25(31)26(32)29(23)10-7-11-33-2)24(30)16-12-20(35-4)17(27)13-19(16)34-3/h5-6,8-9,12-13,23,28,30H,7,10-11H2,1-4H3/b24-22+. The highest BCUT2D eigenvalue weighted by Crippen LogP contribution is 2.45. The van der Waals surface area contributed by atoms with E-state index < -0.39 is 17.7 Å². The first-order valence-corrected chi connectivity index (χ1v) is 11.5. The lowest BCUT2D eigenvalue weighted by Gasteiger charge is -2.26. The molecule has 1 aliphatic rings. The van der Waals surface area contributed by atoms with Crippen molar-refractivity contribution in [1.82, 2.24) is 9.88 Å². The highest BCUT2D eigenvalue weighted by Gasteiger charge is 2.47. The predicted molar refractivity (Wildman–Crippen MR) is 133 cm³/mol. The number of halogens is 1. The van der Waals surface area contributed by atoms with Crippen LogP contribution in [-0.2, 0) is 14.3 Å². The summed E-state index contributed by atoms with van der Waals surface area (Å²) in [6.07, 6.45) is 0.527. The molecule has 0 radical (unpaired) electrons. The molecule has 0 bridgehead atoms. The fraction of sp³-hybridized carbons (Fsp3) is 0.308. The van der Waals surface area contributed by atoms with E-state index in [1.165, 1.54) is 31.3 Å². The molecule has 2 heterocycles. The number of aliphatic hydroxyl groups is 1. The van der Waals surface area contributed by atoms with Crippen molar-refractivity contribution < 1.29 is 28.9 Å². The number of para-hydroxylation sites is 1. The fourth-order valence-electron chi connectivity index (χ4n) is 4.63. The minimum atomic E-state index is -0.811. The van der Waals surface area contributed by atoms with Crippen LogP contribution < -0.4 is 9.47 Å². The van der Waals surface area contributed by atoms with Gasteiger partial charge >= 0.3 is 0 Å². The molecule has 1 fully saturated rings. The summed E-state index contributed by atoms with van der Waals surface area (Å²) >= 11 is 6.24. The molecular formula is C26H27ClN2O6. The summed E-state index contributed by atoms with van der Waals surface area (Å²) in [6, 6.07) is 9.83. The van der Waals surface area contributed by atoms with Gasteiger partial charge in [-0.3, -0.25) is 9.59 Å². The number of aromatic nitrogens is 1. The second-order valence-electron chi connectivity index (χ2n) is 8.24. The summed E-state index contributed by atoms with van der Waals surface area (Å²) in [5, 5.41) is 12.7. The van der Waals surface area contributed by atoms with Crippen molar-refractivity contribution in [2.24, 2.45) is 0 Å². The summed E-state index contributed by atoms with van der Waals surface area (Å²) in [5.74, 6) is -1.28. The molecule has 1 unspecified atom stereocenters. The number of nitrogens with one attached hydrogen (secondary N) is 1. The first kappa shape index (κ1) is 24.6. The number of aliphatic hydroxyl groups excluding tert-OH is 1. The Morgan fingerprint density at radius 2 is 1.83 bits per heavy atom. The topological polar surface area (TPSA) is 101 Å². The van der Waals surface area contributed by atoms with Crippen LogP contribution in [0.2, 0.25) is 5.02 Å². The molecule has 2 aromatic carbocycles. The number of carbonyl (C=O) groups is 2. The lowest BCUT2D eigenvalue weighted by Crippen LogP contribution is -2.31. The first-order valence-electron chi connectivity index (χ1n) is 11.1. The van der Waals surface area contributed by atoms with E-state index in [-0.39, 0.29) is 34.2 Å². The summed E-state index contributed by atoms with van der Waals surface area (Å²) in [6.45, 7) is 2.58. The fourth-order valence-corrected chi connectivity index (χ4v) is 4.86. The zero-order chi connectivity index (χ0) is 25.3. The first-order chi connectivity index (χ1) is 16.8. The van der Waals surface area contributed by atoms with E-state index in [0.717, 1.165) is 22.2 Å². The molecule has 4 rings (SSSR count). The lowest BCUT2D eigenvalue weighted by molar-refractivity contribution is -0.140. The van der Waals surface area contributed by atoms with Crippen LogP contribution in [0.5, 0.6) is 11.5 Å². The van der Waals surface area contributed by atoms with Gasteiger partial charge in [-0.1, -0.05) is 29.8 Å². The summed E-state index contributed by atoms with van der Waals surface area (Å²) in [5.41, 5.74) is 2.59. The lowest BCUT2D eigenvalue weighted by atomic mass is 9.93. The zero-order valence-electron chi connectivity index (χ0n) is 20.0. The van der Waals surface area contributed by atoms with Crippen LogP contribution in [-0.4, -0.2) is 61.2 Å². The number of ketones is 1. The number of methoxy groups -OCH3 is 3. The van der Waals surface area contributed by atoms with Crippen LogP contribution in [0, 0.1) is 6.92 Å². The van der Waals surface area contributed by atoms with Crippen molar-refractivity contribution in [1.29, 1.82) is 0 Å². The number of Topliss-reactive ketones (excluding diaryl/α,β-unsaturated/α-hetero) is 1. The second-order valence-corrected chi connectivity index (χ2v) is 8.64. The maximum Gasteiger partial charge on any atom is 0.295 e. The van der Waals surface area contributed by atoms with Gasteiger partial charge in [0.2, 0.25) is 0 Å². The molecule has 3 aromatic rings. The van der Waals surface area contributed by atoms with E-state index in [1.54, 1.807) is 7.11 Å². The molecule has 35 heavy (non-hydrogen) atoms. The molecule has 184 valence electrons. The number of nitrogens with zero attached hydrogens (tertiary/aromatic N) is 1. The molecule has 1 aromatic heterocycles. The number of amides is 1. The number of hydrogen-bond donors (Lipinski definition) is 2. The molecule has 0 saturated carbocycles. The number of benzene rings is 2. The van der Waals surface area contributed by atoms with Gasteiger partial charge in [0.15, 0.2) is 0 Å². The van der Waals surface area contributed by atoms with Gasteiger partial charge in [-0.15, -0.1) is 0 Å². The van der Waals surface area contributed by atoms with Gasteiger partial charge in [-0.05, 0) is 25.5 Å². The Labute approximate surface area is 208 Å². The van der Waals surface area contributed by atoms with Crippen molar-refractivity contribution in [3.63, 3.8) is 0 Å². The average molecular weight is 499 g/mol. The summed E-state index contributed by atoms with van der Waals surface area (Å²) in [4.78, 5) is 31.4. The van der Waals surface area contributed by atoms with Crippen LogP contribution >= 0.6 is 11.6 Å². The SMILES string of the molecule is COCCCN1C(=O)C(=O)/C(=C(/O)c2cc(OC)c(Cl)cc2OC)C1c1c(C)[nH]c2ccccc12. The number of aryl methyl sites for hydroxylation is 1. The number of hydrogen-bond acceptors (Lipinski definition) is 6. The van der Waals surface area contributed by atoms with Crippen LogP contribution in [0.4, 0.5) is 0 Å². The Morgan fingerprint density at radius 1 is 1.11 bits per heavy atom. The monoisotopic (exact) mass is 498 g/mol. The van der Waals surface area contributed by atoms with E-state index in [1.807, 2.05) is 31.2 Å². The number of H-pyrrole nitrogens is 1. The van der Waals surface area contributed by atoms with Crippen LogP contribution in [0.25, 0.3) is 16.7 Å². The van der Waals surface area contributed by atoms with Gasteiger partial charge in [0, 0.05) is 48.5 Å². The Kier molecular flexibility index (Phi) is 7.05. The van der Waals surface area contributed by atoms with E-state index in [4.69, 9.17) is 25.8 Å². The van der Waals surface area contributed by atoms with Gasteiger partial charge in [0.25, 0.3) is 11.7 Å². The van der Waals surface area contributed by atoms with Crippen molar-refractivity contribution in [2.75, 3.05) is 34.5 Å². The maximum atomic E-state index is 13.4. The molecule has 8 nitrogen and oxygen atoms in total. The van der Waals surface area contributed by atoms with E-state index in [2.05, 4.69) is 4.98 Å². The Bertz CT molecular complexity index is 1330. The minimum Gasteiger partial charge on any atom is -0.507 e. The van der Waals surface area contributed by atoms with Crippen LogP contribution in [0.3, 0.4) is 0 Å². The number of likely N-dealkylation sites (tertiary alicyclic amines) is 1. The zero-order valence-corrected chi connectivity index (χ0v) is 20.7. The maximum absolute atomic E-state index is 13.4. The quantitative estimate of drug-likeness (QED) is 0.204. The van der Waals surface area contributed by atoms with Crippen molar-refractivity contribution in [2.45, 2.75) is 19.4 Å². The molecule has 1 aliphatic heterocycles. The van der Waals surface area contributed by atoms with E-state index in [0.29, 0.717) is 18.8 Å². The van der Waals surface area contributed by atoms with Crippen molar-refractivity contribution in [3.05, 3.63) is 63.8 Å². The van der Waals surface area contributed by atoms with E-state index in [9.17, 15) is 14.7 Å². The molecule has 9 heteroatoms.